The maximum Gasteiger partial charge on any atom is 0.306 e. The van der Waals surface area contributed by atoms with Gasteiger partial charge in [-0.2, -0.15) is 0 Å². The molecule has 1 rings (SSSR count). The van der Waals surface area contributed by atoms with E-state index in [0.29, 0.717) is 6.54 Å². The fraction of sp³-hybridized carbons (Fsp3) is 0.846. The van der Waals surface area contributed by atoms with E-state index < -0.39 is 0 Å². The van der Waals surface area contributed by atoms with Gasteiger partial charge in [0.15, 0.2) is 0 Å². The zero-order chi connectivity index (χ0) is 12.9. The van der Waals surface area contributed by atoms with Crippen LogP contribution in [0.15, 0.2) is 0 Å². The van der Waals surface area contributed by atoms with Crippen LogP contribution in [0.4, 0.5) is 0 Å². The summed E-state index contributed by atoms with van der Waals surface area (Å²) < 4.78 is 4.49. The van der Waals surface area contributed by atoms with Crippen molar-refractivity contribution < 1.29 is 14.3 Å². The molecule has 1 saturated carbocycles. The molecule has 0 aliphatic heterocycles. The second kappa shape index (κ2) is 6.03. The Bertz CT molecular complexity index is 282. The highest BCUT2D eigenvalue weighted by Gasteiger charge is 2.33. The fourth-order valence-corrected chi connectivity index (χ4v) is 2.07. The third-order valence-corrected chi connectivity index (χ3v) is 3.74. The minimum atomic E-state index is -0.335. The van der Waals surface area contributed by atoms with Gasteiger partial charge in [0, 0.05) is 13.0 Å². The van der Waals surface area contributed by atoms with Crippen LogP contribution in [0, 0.1) is 11.3 Å². The molecule has 0 aromatic carbocycles. The third-order valence-electron chi connectivity index (χ3n) is 3.74. The lowest BCUT2D eigenvalue weighted by molar-refractivity contribution is -0.142. The Morgan fingerprint density at radius 3 is 2.41 bits per heavy atom. The van der Waals surface area contributed by atoms with Crippen molar-refractivity contribution >= 4 is 11.9 Å². The lowest BCUT2D eigenvalue weighted by Crippen LogP contribution is -2.41. The Balaban J connectivity index is 2.20. The van der Waals surface area contributed by atoms with Gasteiger partial charge in [-0.3, -0.25) is 9.59 Å². The van der Waals surface area contributed by atoms with Gasteiger partial charge in [0.25, 0.3) is 0 Å². The number of ether oxygens (including phenoxy) is 1. The molecule has 0 radical (unpaired) electrons. The van der Waals surface area contributed by atoms with Gasteiger partial charge in [-0.1, -0.05) is 20.3 Å². The highest BCUT2D eigenvalue weighted by Crippen LogP contribution is 2.41. The molecule has 4 nitrogen and oxygen atoms in total. The first-order chi connectivity index (χ1) is 7.95. The molecule has 98 valence electrons. The van der Waals surface area contributed by atoms with Crippen LogP contribution in [0.1, 0.15) is 46.0 Å². The van der Waals surface area contributed by atoms with E-state index in [9.17, 15) is 9.59 Å². The SMILES string of the molecule is COC(=O)CCC(=O)NCC(C)(C)C1CCC1. The standard InChI is InChI=1S/C13H23NO3/c1-13(2,10-5-4-6-10)9-14-11(15)7-8-12(16)17-3/h10H,4-9H2,1-3H3,(H,14,15). The van der Waals surface area contributed by atoms with Crippen LogP contribution in [0.5, 0.6) is 0 Å². The lowest BCUT2D eigenvalue weighted by atomic mass is 9.67. The van der Waals surface area contributed by atoms with E-state index in [4.69, 9.17) is 0 Å². The summed E-state index contributed by atoms with van der Waals surface area (Å²) in [6.45, 7) is 5.08. The zero-order valence-corrected chi connectivity index (χ0v) is 11.0. The van der Waals surface area contributed by atoms with Crippen molar-refractivity contribution in [2.75, 3.05) is 13.7 Å². The number of amides is 1. The molecule has 4 heteroatoms. The minimum absolute atomic E-state index is 0.0669. The molecule has 0 unspecified atom stereocenters. The quantitative estimate of drug-likeness (QED) is 0.722. The van der Waals surface area contributed by atoms with Crippen LogP contribution in [0.2, 0.25) is 0 Å². The van der Waals surface area contributed by atoms with Crippen molar-refractivity contribution in [1.29, 1.82) is 0 Å². The summed E-state index contributed by atoms with van der Waals surface area (Å²) in [5.74, 6) is 0.324. The van der Waals surface area contributed by atoms with Gasteiger partial charge in [-0.05, 0) is 24.2 Å². The molecular formula is C13H23NO3. The van der Waals surface area contributed by atoms with Gasteiger partial charge >= 0.3 is 5.97 Å². The number of nitrogens with one attached hydrogen (secondary N) is 1. The van der Waals surface area contributed by atoms with Crippen molar-refractivity contribution in [3.05, 3.63) is 0 Å². The van der Waals surface area contributed by atoms with Crippen LogP contribution >= 0.6 is 0 Å². The Hall–Kier alpha value is -1.06. The van der Waals surface area contributed by atoms with Crippen molar-refractivity contribution in [3.8, 4) is 0 Å². The van der Waals surface area contributed by atoms with Gasteiger partial charge < -0.3 is 10.1 Å². The monoisotopic (exact) mass is 241 g/mol. The third kappa shape index (κ3) is 4.36. The summed E-state index contributed by atoms with van der Waals surface area (Å²) in [5, 5.41) is 2.90. The molecule has 1 amide bonds. The first kappa shape index (κ1) is 14.0. The number of carbonyl (C=O) groups excluding carboxylic acids is 2. The lowest BCUT2D eigenvalue weighted by Gasteiger charge is -2.40. The maximum atomic E-state index is 11.5. The summed E-state index contributed by atoms with van der Waals surface area (Å²) in [4.78, 5) is 22.4. The fourth-order valence-electron chi connectivity index (χ4n) is 2.07. The smallest absolute Gasteiger partial charge is 0.306 e. The largest absolute Gasteiger partial charge is 0.469 e. The van der Waals surface area contributed by atoms with Crippen LogP contribution in [-0.4, -0.2) is 25.5 Å². The first-order valence-electron chi connectivity index (χ1n) is 6.29. The van der Waals surface area contributed by atoms with Crippen molar-refractivity contribution in [3.63, 3.8) is 0 Å². The van der Waals surface area contributed by atoms with Gasteiger partial charge in [-0.15, -0.1) is 0 Å². The van der Waals surface area contributed by atoms with Crippen LogP contribution in [0.3, 0.4) is 0 Å². The van der Waals surface area contributed by atoms with E-state index in [-0.39, 0.29) is 30.1 Å². The average molecular weight is 241 g/mol. The maximum absolute atomic E-state index is 11.5. The van der Waals surface area contributed by atoms with E-state index >= 15 is 0 Å². The second-order valence-electron chi connectivity index (χ2n) is 5.47. The normalized spacial score (nSPS) is 16.2. The molecule has 0 heterocycles. The highest BCUT2D eigenvalue weighted by atomic mass is 16.5. The van der Waals surface area contributed by atoms with E-state index in [1.165, 1.54) is 26.4 Å². The predicted molar refractivity (Wildman–Crippen MR) is 65.4 cm³/mol. The van der Waals surface area contributed by atoms with Crippen LogP contribution in [-0.2, 0) is 14.3 Å². The van der Waals surface area contributed by atoms with E-state index in [0.717, 1.165) is 5.92 Å². The number of esters is 1. The number of rotatable bonds is 6. The molecule has 0 bridgehead atoms. The molecule has 0 aromatic rings. The highest BCUT2D eigenvalue weighted by molar-refractivity contribution is 5.81. The molecular weight excluding hydrogens is 218 g/mol. The Kier molecular flexibility index (Phi) is 4.97. The van der Waals surface area contributed by atoms with Crippen molar-refractivity contribution in [2.24, 2.45) is 11.3 Å². The summed E-state index contributed by atoms with van der Waals surface area (Å²) in [6.07, 6.45) is 4.22. The van der Waals surface area contributed by atoms with Crippen molar-refractivity contribution in [2.45, 2.75) is 46.0 Å². The van der Waals surface area contributed by atoms with Gasteiger partial charge in [0.1, 0.15) is 0 Å². The topological polar surface area (TPSA) is 55.4 Å². The molecule has 0 atom stereocenters. The Morgan fingerprint density at radius 2 is 1.94 bits per heavy atom. The van der Waals surface area contributed by atoms with Crippen LogP contribution < -0.4 is 5.32 Å². The van der Waals surface area contributed by atoms with Crippen molar-refractivity contribution in [1.82, 2.24) is 5.32 Å². The molecule has 1 fully saturated rings. The molecule has 0 spiro atoms. The van der Waals surface area contributed by atoms with Crippen LogP contribution in [0.25, 0.3) is 0 Å². The first-order valence-corrected chi connectivity index (χ1v) is 6.29. The van der Waals surface area contributed by atoms with E-state index in [1.54, 1.807) is 0 Å². The van der Waals surface area contributed by atoms with E-state index in [1.807, 2.05) is 0 Å². The van der Waals surface area contributed by atoms with Gasteiger partial charge in [0.2, 0.25) is 5.91 Å². The molecule has 1 aliphatic rings. The number of methoxy groups -OCH3 is 1. The Morgan fingerprint density at radius 1 is 1.29 bits per heavy atom. The molecule has 1 N–H and O–H groups in total. The molecule has 1 aliphatic carbocycles. The molecule has 0 aromatic heterocycles. The number of carbonyl (C=O) groups is 2. The second-order valence-corrected chi connectivity index (χ2v) is 5.47. The summed E-state index contributed by atoms with van der Waals surface area (Å²) >= 11 is 0. The Labute approximate surface area is 103 Å². The number of hydrogen-bond acceptors (Lipinski definition) is 3. The summed E-state index contributed by atoms with van der Waals surface area (Å²) in [5.41, 5.74) is 0.166. The average Bonchev–Trinajstić information content (AvgIpc) is 2.20. The summed E-state index contributed by atoms with van der Waals surface area (Å²) in [7, 11) is 1.33. The summed E-state index contributed by atoms with van der Waals surface area (Å²) in [6, 6.07) is 0. The van der Waals surface area contributed by atoms with Gasteiger partial charge in [-0.25, -0.2) is 0 Å². The zero-order valence-electron chi connectivity index (χ0n) is 11.0. The predicted octanol–water partition coefficient (Wildman–Crippen LogP) is 1.88. The minimum Gasteiger partial charge on any atom is -0.469 e. The molecule has 17 heavy (non-hydrogen) atoms. The number of hydrogen-bond donors (Lipinski definition) is 1. The van der Waals surface area contributed by atoms with Gasteiger partial charge in [0.05, 0.1) is 13.5 Å². The van der Waals surface area contributed by atoms with E-state index in [2.05, 4.69) is 23.9 Å². The molecule has 0 saturated heterocycles.